The van der Waals surface area contributed by atoms with Crippen molar-refractivity contribution in [2.75, 3.05) is 6.54 Å². The number of amides is 1. The molecule has 0 saturated heterocycles. The Balaban J connectivity index is 1.91. The average molecular weight is 352 g/mol. The minimum Gasteiger partial charge on any atom is -0.457 e. The van der Waals surface area contributed by atoms with Crippen molar-refractivity contribution in [3.05, 3.63) is 58.1 Å². The third-order valence-electron chi connectivity index (χ3n) is 3.31. The van der Waals surface area contributed by atoms with Crippen molar-refractivity contribution in [3.8, 4) is 11.5 Å². The first-order chi connectivity index (χ1) is 11.1. The molecule has 2 aromatic carbocycles. The molecule has 0 fully saturated rings. The molecule has 0 spiro atoms. The van der Waals surface area contributed by atoms with Crippen LogP contribution in [0.5, 0.6) is 11.5 Å². The van der Waals surface area contributed by atoms with E-state index in [0.717, 1.165) is 24.2 Å². The van der Waals surface area contributed by atoms with Crippen molar-refractivity contribution in [2.24, 2.45) is 0 Å². The number of hydrogen-bond donors (Lipinski definition) is 1. The molecule has 0 aliphatic rings. The summed E-state index contributed by atoms with van der Waals surface area (Å²) in [6.45, 7) is 2.53. The van der Waals surface area contributed by atoms with E-state index in [9.17, 15) is 4.79 Å². The molecule has 0 aliphatic heterocycles. The Morgan fingerprint density at radius 2 is 1.87 bits per heavy atom. The number of ether oxygens (including phenoxy) is 1. The van der Waals surface area contributed by atoms with Crippen molar-refractivity contribution in [3.63, 3.8) is 0 Å². The summed E-state index contributed by atoms with van der Waals surface area (Å²) in [5.74, 6) is 1.48. The van der Waals surface area contributed by atoms with Crippen molar-refractivity contribution in [1.29, 1.82) is 0 Å². The maximum Gasteiger partial charge on any atom is 0.219 e. The zero-order valence-electron chi connectivity index (χ0n) is 12.9. The summed E-state index contributed by atoms with van der Waals surface area (Å²) in [5.41, 5.74) is 1.16. The highest BCUT2D eigenvalue weighted by Gasteiger charge is 2.03. The van der Waals surface area contributed by atoms with E-state index in [2.05, 4.69) is 5.32 Å². The zero-order chi connectivity index (χ0) is 16.7. The fourth-order valence-electron chi connectivity index (χ4n) is 2.09. The Bertz CT molecular complexity index is 674. The first-order valence-corrected chi connectivity index (χ1v) is 8.32. The van der Waals surface area contributed by atoms with Gasteiger partial charge in [-0.25, -0.2) is 0 Å². The number of hydrogen-bond acceptors (Lipinski definition) is 2. The predicted molar refractivity (Wildman–Crippen MR) is 94.6 cm³/mol. The summed E-state index contributed by atoms with van der Waals surface area (Å²) in [5, 5.41) is 3.84. The van der Waals surface area contributed by atoms with E-state index >= 15 is 0 Å². The molecule has 0 atom stereocenters. The van der Waals surface area contributed by atoms with Gasteiger partial charge in [-0.3, -0.25) is 4.79 Å². The molecule has 0 heterocycles. The summed E-state index contributed by atoms with van der Waals surface area (Å²) in [4.78, 5) is 11.2. The molecule has 0 bridgehead atoms. The average Bonchev–Trinajstić information content (AvgIpc) is 2.55. The van der Waals surface area contributed by atoms with Crippen LogP contribution in [0.3, 0.4) is 0 Å². The summed E-state index contributed by atoms with van der Waals surface area (Å²) in [6.07, 6.45) is 2.29. The van der Waals surface area contributed by atoms with Gasteiger partial charge in [0.1, 0.15) is 11.5 Å². The van der Waals surface area contributed by atoms with Gasteiger partial charge in [0.2, 0.25) is 5.91 Å². The van der Waals surface area contributed by atoms with Crippen LogP contribution >= 0.6 is 23.2 Å². The molecule has 23 heavy (non-hydrogen) atoms. The van der Waals surface area contributed by atoms with E-state index in [4.69, 9.17) is 27.9 Å². The lowest BCUT2D eigenvalue weighted by molar-refractivity contribution is -0.120. The van der Waals surface area contributed by atoms with Crippen molar-refractivity contribution in [1.82, 2.24) is 5.32 Å². The number of halogens is 2. The van der Waals surface area contributed by atoms with Crippen molar-refractivity contribution < 1.29 is 9.53 Å². The molecular formula is C18H19Cl2NO2. The largest absolute Gasteiger partial charge is 0.457 e. The Morgan fingerprint density at radius 1 is 1.09 bits per heavy atom. The topological polar surface area (TPSA) is 38.3 Å². The molecule has 0 saturated carbocycles. The van der Waals surface area contributed by atoms with Gasteiger partial charge < -0.3 is 10.1 Å². The fourth-order valence-corrected chi connectivity index (χ4v) is 2.37. The molecule has 122 valence electrons. The lowest BCUT2D eigenvalue weighted by atomic mass is 10.1. The van der Waals surface area contributed by atoms with Crippen LogP contribution in [-0.4, -0.2) is 12.5 Å². The summed E-state index contributed by atoms with van der Waals surface area (Å²) in [7, 11) is 0. The standard InChI is InChI=1S/C18H19Cl2NO2/c1-2-18(22)21-10-4-6-13-5-3-7-14(11-13)23-15-8-9-16(19)17(20)12-15/h3,5,7-9,11-12H,2,4,6,10H2,1H3,(H,21,22). The van der Waals surface area contributed by atoms with E-state index in [1.54, 1.807) is 18.2 Å². The van der Waals surface area contributed by atoms with E-state index in [1.807, 2.05) is 31.2 Å². The molecule has 2 rings (SSSR count). The molecule has 5 heteroatoms. The SMILES string of the molecule is CCC(=O)NCCCc1cccc(Oc2ccc(Cl)c(Cl)c2)c1. The van der Waals surface area contributed by atoms with Crippen LogP contribution in [0.25, 0.3) is 0 Å². The Morgan fingerprint density at radius 3 is 2.61 bits per heavy atom. The molecule has 2 aromatic rings. The Labute approximate surface area is 146 Å². The monoisotopic (exact) mass is 351 g/mol. The molecule has 0 aromatic heterocycles. The maximum atomic E-state index is 11.2. The fraction of sp³-hybridized carbons (Fsp3) is 0.278. The van der Waals surface area contributed by atoms with Gasteiger partial charge in [0.05, 0.1) is 10.0 Å². The molecule has 1 N–H and O–H groups in total. The van der Waals surface area contributed by atoms with Crippen LogP contribution in [0.2, 0.25) is 10.0 Å². The lowest BCUT2D eigenvalue weighted by Gasteiger charge is -2.09. The van der Waals surface area contributed by atoms with Gasteiger partial charge in [-0.05, 0) is 42.7 Å². The van der Waals surface area contributed by atoms with Gasteiger partial charge in [-0.2, -0.15) is 0 Å². The summed E-state index contributed by atoms with van der Waals surface area (Å²) >= 11 is 11.9. The molecule has 3 nitrogen and oxygen atoms in total. The van der Waals surface area contributed by atoms with E-state index in [1.165, 1.54) is 0 Å². The number of carbonyl (C=O) groups excluding carboxylic acids is 1. The van der Waals surface area contributed by atoms with E-state index in [0.29, 0.717) is 28.8 Å². The van der Waals surface area contributed by atoms with E-state index in [-0.39, 0.29) is 5.91 Å². The van der Waals surface area contributed by atoms with Gasteiger partial charge >= 0.3 is 0 Å². The van der Waals surface area contributed by atoms with Gasteiger partial charge in [0, 0.05) is 19.0 Å². The molecule has 0 aliphatic carbocycles. The van der Waals surface area contributed by atoms with Gasteiger partial charge in [0.25, 0.3) is 0 Å². The summed E-state index contributed by atoms with van der Waals surface area (Å²) < 4.78 is 5.80. The van der Waals surface area contributed by atoms with E-state index < -0.39 is 0 Å². The van der Waals surface area contributed by atoms with Crippen LogP contribution in [0, 0.1) is 0 Å². The highest BCUT2D eigenvalue weighted by atomic mass is 35.5. The number of carbonyl (C=O) groups is 1. The van der Waals surface area contributed by atoms with Gasteiger partial charge in [-0.15, -0.1) is 0 Å². The second-order valence-corrected chi connectivity index (χ2v) is 5.95. The smallest absolute Gasteiger partial charge is 0.219 e. The first kappa shape index (κ1) is 17.6. The van der Waals surface area contributed by atoms with Crippen LogP contribution in [0.1, 0.15) is 25.3 Å². The Kier molecular flexibility index (Phi) is 6.75. The van der Waals surface area contributed by atoms with Gasteiger partial charge in [-0.1, -0.05) is 42.3 Å². The normalized spacial score (nSPS) is 10.4. The van der Waals surface area contributed by atoms with Crippen molar-refractivity contribution in [2.45, 2.75) is 26.2 Å². The minimum absolute atomic E-state index is 0.0849. The minimum atomic E-state index is 0.0849. The maximum absolute atomic E-state index is 11.2. The second kappa shape index (κ2) is 8.80. The molecular weight excluding hydrogens is 333 g/mol. The highest BCUT2D eigenvalue weighted by Crippen LogP contribution is 2.29. The molecule has 1 amide bonds. The third-order valence-corrected chi connectivity index (χ3v) is 4.05. The molecule has 0 unspecified atom stereocenters. The molecule has 0 radical (unpaired) electrons. The van der Waals surface area contributed by atoms with Crippen LogP contribution in [0.15, 0.2) is 42.5 Å². The summed E-state index contributed by atoms with van der Waals surface area (Å²) in [6, 6.07) is 13.1. The quantitative estimate of drug-likeness (QED) is 0.692. The number of aryl methyl sites for hydroxylation is 1. The highest BCUT2D eigenvalue weighted by molar-refractivity contribution is 6.42. The van der Waals surface area contributed by atoms with Crippen molar-refractivity contribution >= 4 is 29.1 Å². The lowest BCUT2D eigenvalue weighted by Crippen LogP contribution is -2.23. The number of benzene rings is 2. The first-order valence-electron chi connectivity index (χ1n) is 7.57. The van der Waals surface area contributed by atoms with Crippen LogP contribution < -0.4 is 10.1 Å². The predicted octanol–water partition coefficient (Wildman–Crippen LogP) is 5.24. The Hall–Kier alpha value is -1.71. The van der Waals surface area contributed by atoms with Crippen LogP contribution in [0.4, 0.5) is 0 Å². The zero-order valence-corrected chi connectivity index (χ0v) is 14.5. The second-order valence-electron chi connectivity index (χ2n) is 5.13. The van der Waals surface area contributed by atoms with Gasteiger partial charge in [0.15, 0.2) is 0 Å². The number of rotatable bonds is 7. The third kappa shape index (κ3) is 5.77. The van der Waals surface area contributed by atoms with Crippen LogP contribution in [-0.2, 0) is 11.2 Å². The number of nitrogens with one attached hydrogen (secondary N) is 1.